The topological polar surface area (TPSA) is 40.6 Å². The van der Waals surface area contributed by atoms with Crippen LogP contribution in [-0.4, -0.2) is 47.3 Å². The second kappa shape index (κ2) is 7.09. The average Bonchev–Trinajstić information content (AvgIpc) is 2.85. The van der Waals surface area contributed by atoms with Crippen molar-refractivity contribution >= 4 is 11.8 Å². The van der Waals surface area contributed by atoms with Crippen LogP contribution in [0.25, 0.3) is 0 Å². The number of amides is 2. The van der Waals surface area contributed by atoms with Crippen LogP contribution in [0.1, 0.15) is 58.8 Å². The summed E-state index contributed by atoms with van der Waals surface area (Å²) >= 11 is 0. The van der Waals surface area contributed by atoms with Crippen molar-refractivity contribution in [3.8, 4) is 0 Å². The number of likely N-dealkylation sites (tertiary alicyclic amines) is 2. The summed E-state index contributed by atoms with van der Waals surface area (Å²) in [5, 5.41) is 0. The van der Waals surface area contributed by atoms with Crippen LogP contribution in [0, 0.1) is 5.92 Å². The molecule has 2 amide bonds. The molecule has 0 aromatic heterocycles. The highest BCUT2D eigenvalue weighted by Crippen LogP contribution is 2.26. The lowest BCUT2D eigenvalue weighted by Gasteiger charge is -2.36. The summed E-state index contributed by atoms with van der Waals surface area (Å²) in [6.07, 6.45) is 7.06. The van der Waals surface area contributed by atoms with E-state index >= 15 is 0 Å². The van der Waals surface area contributed by atoms with Gasteiger partial charge in [-0.05, 0) is 32.1 Å². The fourth-order valence-electron chi connectivity index (χ4n) is 3.45. The summed E-state index contributed by atoms with van der Waals surface area (Å²) in [5.74, 6) is 0.303. The summed E-state index contributed by atoms with van der Waals surface area (Å²) in [4.78, 5) is 28.6. The van der Waals surface area contributed by atoms with Crippen molar-refractivity contribution in [1.29, 1.82) is 0 Å². The summed E-state index contributed by atoms with van der Waals surface area (Å²) in [5.41, 5.74) is 0. The lowest BCUT2D eigenvalue weighted by atomic mass is 9.97. The molecular formula is C16H28N2O2. The van der Waals surface area contributed by atoms with Gasteiger partial charge in [0.05, 0.1) is 5.92 Å². The average molecular weight is 280 g/mol. The Kier molecular flexibility index (Phi) is 5.44. The van der Waals surface area contributed by atoms with Gasteiger partial charge in [0.15, 0.2) is 0 Å². The molecule has 20 heavy (non-hydrogen) atoms. The zero-order chi connectivity index (χ0) is 14.5. The van der Waals surface area contributed by atoms with Gasteiger partial charge in [-0.15, -0.1) is 0 Å². The standard InChI is InChI=1S/C16H28N2O2/c1-3-5-9-17-12-13(11-15(17)19)16(20)18-10-7-6-8-14(18)4-2/h13-14H,3-12H2,1-2H3/t13-,14+/m1/s1. The minimum atomic E-state index is -0.0912. The maximum atomic E-state index is 12.7. The Balaban J connectivity index is 1.94. The van der Waals surface area contributed by atoms with E-state index in [4.69, 9.17) is 0 Å². The maximum Gasteiger partial charge on any atom is 0.228 e. The smallest absolute Gasteiger partial charge is 0.228 e. The van der Waals surface area contributed by atoms with Crippen LogP contribution < -0.4 is 0 Å². The quantitative estimate of drug-likeness (QED) is 0.776. The van der Waals surface area contributed by atoms with E-state index in [0.29, 0.717) is 19.0 Å². The third-order valence-electron chi connectivity index (χ3n) is 4.73. The van der Waals surface area contributed by atoms with Crippen LogP contribution in [0.5, 0.6) is 0 Å². The summed E-state index contributed by atoms with van der Waals surface area (Å²) in [6.45, 7) is 6.63. The van der Waals surface area contributed by atoms with Gasteiger partial charge in [-0.3, -0.25) is 9.59 Å². The van der Waals surface area contributed by atoms with E-state index in [2.05, 4.69) is 18.7 Å². The Morgan fingerprint density at radius 1 is 1.30 bits per heavy atom. The van der Waals surface area contributed by atoms with Crippen molar-refractivity contribution < 1.29 is 9.59 Å². The van der Waals surface area contributed by atoms with E-state index in [1.807, 2.05) is 4.90 Å². The Bertz CT molecular complexity index is 356. The number of unbranched alkanes of at least 4 members (excludes halogenated alkanes) is 1. The molecule has 0 aromatic carbocycles. The largest absolute Gasteiger partial charge is 0.342 e. The molecule has 0 unspecified atom stereocenters. The van der Waals surface area contributed by atoms with Gasteiger partial charge in [0.25, 0.3) is 0 Å². The maximum absolute atomic E-state index is 12.7. The summed E-state index contributed by atoms with van der Waals surface area (Å²) < 4.78 is 0. The highest BCUT2D eigenvalue weighted by molar-refractivity contribution is 5.89. The van der Waals surface area contributed by atoms with Gasteiger partial charge in [-0.2, -0.15) is 0 Å². The Hall–Kier alpha value is -1.06. The molecule has 4 heteroatoms. The second-order valence-corrected chi connectivity index (χ2v) is 6.18. The van der Waals surface area contributed by atoms with Gasteiger partial charge >= 0.3 is 0 Å². The van der Waals surface area contributed by atoms with Gasteiger partial charge in [0.1, 0.15) is 0 Å². The third kappa shape index (κ3) is 3.33. The zero-order valence-electron chi connectivity index (χ0n) is 12.9. The lowest BCUT2D eigenvalue weighted by molar-refractivity contribution is -0.139. The number of hydrogen-bond acceptors (Lipinski definition) is 2. The highest BCUT2D eigenvalue weighted by atomic mass is 16.2. The second-order valence-electron chi connectivity index (χ2n) is 6.18. The van der Waals surface area contributed by atoms with E-state index in [-0.39, 0.29) is 17.7 Å². The molecule has 0 aromatic rings. The number of nitrogens with zero attached hydrogens (tertiary/aromatic N) is 2. The van der Waals surface area contributed by atoms with Crippen LogP contribution in [-0.2, 0) is 9.59 Å². The molecule has 2 rings (SSSR count). The number of rotatable bonds is 5. The molecule has 2 fully saturated rings. The normalized spacial score (nSPS) is 27.2. The van der Waals surface area contributed by atoms with E-state index in [1.165, 1.54) is 6.42 Å². The van der Waals surface area contributed by atoms with E-state index in [1.54, 1.807) is 0 Å². The Labute approximate surface area is 122 Å². The van der Waals surface area contributed by atoms with Crippen LogP contribution >= 0.6 is 0 Å². The molecule has 0 radical (unpaired) electrons. The van der Waals surface area contributed by atoms with Gasteiger partial charge in [0, 0.05) is 32.1 Å². The van der Waals surface area contributed by atoms with Gasteiger partial charge in [-0.25, -0.2) is 0 Å². The van der Waals surface area contributed by atoms with Crippen LogP contribution in [0.4, 0.5) is 0 Å². The number of carbonyl (C=O) groups excluding carboxylic acids is 2. The van der Waals surface area contributed by atoms with Gasteiger partial charge in [0.2, 0.25) is 11.8 Å². The minimum Gasteiger partial charge on any atom is -0.342 e. The molecule has 2 aliphatic rings. The fraction of sp³-hybridized carbons (Fsp3) is 0.875. The van der Waals surface area contributed by atoms with E-state index in [9.17, 15) is 9.59 Å². The molecule has 0 N–H and O–H groups in total. The fourth-order valence-corrected chi connectivity index (χ4v) is 3.45. The Morgan fingerprint density at radius 2 is 2.10 bits per heavy atom. The molecule has 0 spiro atoms. The molecule has 114 valence electrons. The van der Waals surface area contributed by atoms with Crippen LogP contribution in [0.2, 0.25) is 0 Å². The molecule has 2 heterocycles. The first-order valence-corrected chi connectivity index (χ1v) is 8.25. The van der Waals surface area contributed by atoms with Crippen molar-refractivity contribution in [2.75, 3.05) is 19.6 Å². The predicted octanol–water partition coefficient (Wildman–Crippen LogP) is 2.43. The zero-order valence-corrected chi connectivity index (χ0v) is 12.9. The first kappa shape index (κ1) is 15.3. The summed E-state index contributed by atoms with van der Waals surface area (Å²) in [7, 11) is 0. The molecular weight excluding hydrogens is 252 g/mol. The monoisotopic (exact) mass is 280 g/mol. The minimum absolute atomic E-state index is 0.0912. The first-order chi connectivity index (χ1) is 9.67. The van der Waals surface area contributed by atoms with Gasteiger partial charge in [-0.1, -0.05) is 20.3 Å². The van der Waals surface area contributed by atoms with Crippen molar-refractivity contribution in [3.63, 3.8) is 0 Å². The lowest BCUT2D eigenvalue weighted by Crippen LogP contribution is -2.46. The molecule has 0 bridgehead atoms. The van der Waals surface area contributed by atoms with Crippen molar-refractivity contribution in [1.82, 2.24) is 9.80 Å². The molecule has 2 atom stereocenters. The third-order valence-corrected chi connectivity index (χ3v) is 4.73. The number of carbonyl (C=O) groups is 2. The van der Waals surface area contributed by atoms with Gasteiger partial charge < -0.3 is 9.80 Å². The number of piperidine rings is 1. The Morgan fingerprint density at radius 3 is 2.80 bits per heavy atom. The van der Waals surface area contributed by atoms with Crippen molar-refractivity contribution in [2.45, 2.75) is 64.8 Å². The van der Waals surface area contributed by atoms with Crippen molar-refractivity contribution in [2.24, 2.45) is 5.92 Å². The number of hydrogen-bond donors (Lipinski definition) is 0. The predicted molar refractivity (Wildman–Crippen MR) is 79.2 cm³/mol. The molecule has 4 nitrogen and oxygen atoms in total. The van der Waals surface area contributed by atoms with Crippen LogP contribution in [0.15, 0.2) is 0 Å². The first-order valence-electron chi connectivity index (χ1n) is 8.25. The summed E-state index contributed by atoms with van der Waals surface area (Å²) in [6, 6.07) is 0.399. The van der Waals surface area contributed by atoms with E-state index in [0.717, 1.165) is 45.2 Å². The van der Waals surface area contributed by atoms with Crippen LogP contribution in [0.3, 0.4) is 0 Å². The molecule has 2 saturated heterocycles. The molecule has 0 aliphatic carbocycles. The molecule has 2 aliphatic heterocycles. The highest BCUT2D eigenvalue weighted by Gasteiger charge is 2.38. The SMILES string of the molecule is CCCCN1C[C@H](C(=O)N2CCCC[C@@H]2CC)CC1=O. The van der Waals surface area contributed by atoms with E-state index < -0.39 is 0 Å². The molecule has 0 saturated carbocycles. The van der Waals surface area contributed by atoms with Crippen molar-refractivity contribution in [3.05, 3.63) is 0 Å².